The molecule has 0 aliphatic carbocycles. The predicted octanol–water partition coefficient (Wildman–Crippen LogP) is 3.35. The third-order valence-electron chi connectivity index (χ3n) is 2.37. The predicted molar refractivity (Wildman–Crippen MR) is 60.7 cm³/mol. The van der Waals surface area contributed by atoms with E-state index in [1.54, 1.807) is 6.07 Å². The van der Waals surface area contributed by atoms with Gasteiger partial charge in [-0.15, -0.1) is 0 Å². The molecular formula is C13H10F3NO. The average molecular weight is 253 g/mol. The molecule has 2 aromatic rings. The van der Waals surface area contributed by atoms with E-state index in [1.165, 1.54) is 12.1 Å². The van der Waals surface area contributed by atoms with E-state index in [4.69, 9.17) is 10.5 Å². The second kappa shape index (κ2) is 5.10. The molecule has 2 N–H and O–H groups in total. The van der Waals surface area contributed by atoms with E-state index in [2.05, 4.69) is 0 Å². The largest absolute Gasteiger partial charge is 0.451 e. The maximum absolute atomic E-state index is 13.6. The summed E-state index contributed by atoms with van der Waals surface area (Å²) in [7, 11) is 0. The summed E-state index contributed by atoms with van der Waals surface area (Å²) in [6.07, 6.45) is 0. The first kappa shape index (κ1) is 12.4. The zero-order chi connectivity index (χ0) is 13.1. The molecule has 0 spiro atoms. The van der Waals surface area contributed by atoms with Crippen LogP contribution in [0.15, 0.2) is 36.4 Å². The van der Waals surface area contributed by atoms with Gasteiger partial charge in [-0.1, -0.05) is 12.1 Å². The minimum atomic E-state index is -0.902. The molecule has 0 aliphatic heterocycles. The summed E-state index contributed by atoms with van der Waals surface area (Å²) in [5.74, 6) is -2.68. The van der Waals surface area contributed by atoms with Crippen LogP contribution >= 0.6 is 0 Å². The van der Waals surface area contributed by atoms with Gasteiger partial charge < -0.3 is 10.5 Å². The van der Waals surface area contributed by atoms with Crippen molar-refractivity contribution >= 4 is 0 Å². The lowest BCUT2D eigenvalue weighted by Crippen LogP contribution is -2.02. The van der Waals surface area contributed by atoms with E-state index in [0.29, 0.717) is 11.6 Å². The number of nitrogens with two attached hydrogens (primary N) is 1. The summed E-state index contributed by atoms with van der Waals surface area (Å²) in [5, 5.41) is 0. The summed E-state index contributed by atoms with van der Waals surface area (Å²) in [6.45, 7) is 0.0515. The fourth-order valence-electron chi connectivity index (χ4n) is 1.50. The van der Waals surface area contributed by atoms with Crippen molar-refractivity contribution in [1.29, 1.82) is 0 Å². The third-order valence-corrected chi connectivity index (χ3v) is 2.37. The van der Waals surface area contributed by atoms with Crippen LogP contribution in [-0.2, 0) is 6.54 Å². The summed E-state index contributed by atoms with van der Waals surface area (Å²) < 4.78 is 44.8. The second-order valence-electron chi connectivity index (χ2n) is 3.61. The van der Waals surface area contributed by atoms with Crippen LogP contribution in [0, 0.1) is 17.5 Å². The van der Waals surface area contributed by atoms with Gasteiger partial charge in [-0.25, -0.2) is 13.2 Å². The van der Waals surface area contributed by atoms with Gasteiger partial charge in [-0.3, -0.25) is 0 Å². The molecule has 2 aromatic carbocycles. The normalized spacial score (nSPS) is 10.4. The highest BCUT2D eigenvalue weighted by molar-refractivity contribution is 5.39. The van der Waals surface area contributed by atoms with E-state index in [9.17, 15) is 13.2 Å². The third kappa shape index (κ3) is 2.46. The van der Waals surface area contributed by atoms with Crippen molar-refractivity contribution in [3.63, 3.8) is 0 Å². The molecule has 0 unspecified atom stereocenters. The first-order valence-electron chi connectivity index (χ1n) is 5.22. The second-order valence-corrected chi connectivity index (χ2v) is 3.61. The molecule has 0 aliphatic rings. The molecule has 18 heavy (non-hydrogen) atoms. The summed E-state index contributed by atoms with van der Waals surface area (Å²) in [4.78, 5) is 0. The van der Waals surface area contributed by atoms with Crippen LogP contribution in [0.25, 0.3) is 0 Å². The van der Waals surface area contributed by atoms with E-state index >= 15 is 0 Å². The average Bonchev–Trinajstić information content (AvgIpc) is 2.34. The first-order valence-corrected chi connectivity index (χ1v) is 5.22. The highest BCUT2D eigenvalue weighted by Gasteiger charge is 2.12. The van der Waals surface area contributed by atoms with Crippen molar-refractivity contribution in [2.45, 2.75) is 6.54 Å². The topological polar surface area (TPSA) is 35.2 Å². The van der Waals surface area contributed by atoms with Gasteiger partial charge in [-0.05, 0) is 18.2 Å². The van der Waals surface area contributed by atoms with Crippen LogP contribution in [0.3, 0.4) is 0 Å². The Morgan fingerprint density at radius 3 is 2.44 bits per heavy atom. The quantitative estimate of drug-likeness (QED) is 0.910. The number of benzene rings is 2. The minimum Gasteiger partial charge on any atom is -0.451 e. The summed E-state index contributed by atoms with van der Waals surface area (Å²) in [6, 6.07) is 7.01. The highest BCUT2D eigenvalue weighted by Crippen LogP contribution is 2.30. The molecule has 0 atom stereocenters. The standard InChI is InChI=1S/C13H10F3NO/c14-9-4-5-12(11(16)6-9)18-13-8(7-17)2-1-3-10(13)15/h1-6H,7,17H2. The fraction of sp³-hybridized carbons (Fsp3) is 0.0769. The Kier molecular flexibility index (Phi) is 3.53. The zero-order valence-electron chi connectivity index (χ0n) is 9.29. The number of rotatable bonds is 3. The van der Waals surface area contributed by atoms with Crippen molar-refractivity contribution in [3.8, 4) is 11.5 Å². The maximum atomic E-state index is 13.6. The number of hydrogen-bond donors (Lipinski definition) is 1. The van der Waals surface area contributed by atoms with Gasteiger partial charge in [-0.2, -0.15) is 0 Å². The van der Waals surface area contributed by atoms with E-state index in [1.807, 2.05) is 0 Å². The van der Waals surface area contributed by atoms with E-state index < -0.39 is 17.5 Å². The molecule has 2 rings (SSSR count). The zero-order valence-corrected chi connectivity index (χ0v) is 9.29. The van der Waals surface area contributed by atoms with Crippen LogP contribution in [0.2, 0.25) is 0 Å². The molecule has 0 amide bonds. The van der Waals surface area contributed by atoms with Crippen LogP contribution in [-0.4, -0.2) is 0 Å². The molecule has 0 aromatic heterocycles. The molecule has 0 fully saturated rings. The molecular weight excluding hydrogens is 243 g/mol. The van der Waals surface area contributed by atoms with Gasteiger partial charge in [0, 0.05) is 18.2 Å². The van der Waals surface area contributed by atoms with Gasteiger partial charge in [0.05, 0.1) is 0 Å². The Morgan fingerprint density at radius 1 is 1.00 bits per heavy atom. The molecule has 0 heterocycles. The van der Waals surface area contributed by atoms with E-state index in [0.717, 1.165) is 12.1 Å². The first-order chi connectivity index (χ1) is 8.61. The molecule has 5 heteroatoms. The van der Waals surface area contributed by atoms with E-state index in [-0.39, 0.29) is 18.0 Å². The monoisotopic (exact) mass is 253 g/mol. The Morgan fingerprint density at radius 2 is 1.78 bits per heavy atom. The molecule has 0 saturated carbocycles. The van der Waals surface area contributed by atoms with Crippen molar-refractivity contribution in [2.75, 3.05) is 0 Å². The van der Waals surface area contributed by atoms with Crippen molar-refractivity contribution < 1.29 is 17.9 Å². The molecule has 0 saturated heterocycles. The number of ether oxygens (including phenoxy) is 1. The molecule has 94 valence electrons. The summed E-state index contributed by atoms with van der Waals surface area (Å²) in [5.41, 5.74) is 5.84. The van der Waals surface area contributed by atoms with Gasteiger partial charge in [0.1, 0.15) is 5.82 Å². The number of hydrogen-bond acceptors (Lipinski definition) is 2. The molecule has 0 radical (unpaired) electrons. The fourth-order valence-corrected chi connectivity index (χ4v) is 1.50. The molecule has 2 nitrogen and oxygen atoms in total. The van der Waals surface area contributed by atoms with Crippen LogP contribution in [0.5, 0.6) is 11.5 Å². The smallest absolute Gasteiger partial charge is 0.168 e. The van der Waals surface area contributed by atoms with Gasteiger partial charge >= 0.3 is 0 Å². The highest BCUT2D eigenvalue weighted by atomic mass is 19.1. The maximum Gasteiger partial charge on any atom is 0.168 e. The lowest BCUT2D eigenvalue weighted by molar-refractivity contribution is 0.407. The Bertz CT molecular complexity index is 572. The van der Waals surface area contributed by atoms with Crippen molar-refractivity contribution in [1.82, 2.24) is 0 Å². The Labute approximate surface area is 102 Å². The van der Waals surface area contributed by atoms with Gasteiger partial charge in [0.15, 0.2) is 23.1 Å². The lowest BCUT2D eigenvalue weighted by Gasteiger charge is -2.11. The van der Waals surface area contributed by atoms with Crippen LogP contribution < -0.4 is 10.5 Å². The number of halogens is 3. The summed E-state index contributed by atoms with van der Waals surface area (Å²) >= 11 is 0. The Hall–Kier alpha value is -2.01. The number of para-hydroxylation sites is 1. The van der Waals surface area contributed by atoms with Crippen LogP contribution in [0.4, 0.5) is 13.2 Å². The minimum absolute atomic E-state index is 0.0515. The SMILES string of the molecule is NCc1cccc(F)c1Oc1ccc(F)cc1F. The van der Waals surface area contributed by atoms with Crippen molar-refractivity contribution in [2.24, 2.45) is 5.73 Å². The lowest BCUT2D eigenvalue weighted by atomic mass is 10.2. The van der Waals surface area contributed by atoms with Gasteiger partial charge in [0.25, 0.3) is 0 Å². The van der Waals surface area contributed by atoms with Crippen LogP contribution in [0.1, 0.15) is 5.56 Å². The Balaban J connectivity index is 2.39. The molecule has 0 bridgehead atoms. The van der Waals surface area contributed by atoms with Gasteiger partial charge in [0.2, 0.25) is 0 Å². The van der Waals surface area contributed by atoms with Crippen molar-refractivity contribution in [3.05, 3.63) is 59.4 Å².